The van der Waals surface area contributed by atoms with Gasteiger partial charge in [-0.1, -0.05) is 40.2 Å². The van der Waals surface area contributed by atoms with Crippen LogP contribution >= 0.6 is 15.9 Å². The Kier molecular flexibility index (Phi) is 4.35. The monoisotopic (exact) mass is 324 g/mol. The van der Waals surface area contributed by atoms with Crippen LogP contribution in [-0.4, -0.2) is 0 Å². The summed E-state index contributed by atoms with van der Waals surface area (Å²) in [5.41, 5.74) is 3.21. The van der Waals surface area contributed by atoms with Gasteiger partial charge < -0.3 is 0 Å². The van der Waals surface area contributed by atoms with Crippen molar-refractivity contribution in [2.75, 3.05) is 0 Å². The summed E-state index contributed by atoms with van der Waals surface area (Å²) in [6, 6.07) is 10.2. The number of alkyl halides is 1. The number of benzene rings is 2. The molecule has 0 aliphatic rings. The maximum atomic E-state index is 13.6. The second-order valence-electron chi connectivity index (χ2n) is 4.77. The fourth-order valence-corrected chi connectivity index (χ4v) is 2.79. The smallest absolute Gasteiger partial charge is 0.129 e. The molecule has 0 spiro atoms. The molecule has 19 heavy (non-hydrogen) atoms. The zero-order valence-corrected chi connectivity index (χ0v) is 12.5. The van der Waals surface area contributed by atoms with Crippen LogP contribution in [-0.2, 0) is 6.42 Å². The molecule has 0 saturated heterocycles. The lowest BCUT2D eigenvalue weighted by Crippen LogP contribution is -1.99. The van der Waals surface area contributed by atoms with E-state index in [0.717, 1.165) is 11.1 Å². The van der Waals surface area contributed by atoms with Crippen LogP contribution in [0.1, 0.15) is 27.1 Å². The Labute approximate surface area is 120 Å². The molecule has 0 saturated carbocycles. The summed E-state index contributed by atoms with van der Waals surface area (Å²) in [7, 11) is 0. The molecule has 3 heteroatoms. The lowest BCUT2D eigenvalue weighted by atomic mass is 10.00. The first-order chi connectivity index (χ1) is 8.97. The summed E-state index contributed by atoms with van der Waals surface area (Å²) in [5, 5.41) is 0. The SMILES string of the molecule is Cc1cc(C(Br)Cc2cccc(F)c2)cc(C)c1F. The molecular formula is C16H15BrF2. The summed E-state index contributed by atoms with van der Waals surface area (Å²) in [5.74, 6) is -0.391. The van der Waals surface area contributed by atoms with Gasteiger partial charge in [-0.15, -0.1) is 0 Å². The highest BCUT2D eigenvalue weighted by Crippen LogP contribution is 2.29. The van der Waals surface area contributed by atoms with E-state index in [1.54, 1.807) is 19.9 Å². The molecule has 0 nitrogen and oxygen atoms in total. The Bertz CT molecular complexity index is 570. The van der Waals surface area contributed by atoms with E-state index >= 15 is 0 Å². The summed E-state index contributed by atoms with van der Waals surface area (Å²) >= 11 is 3.60. The molecule has 0 fully saturated rings. The van der Waals surface area contributed by atoms with Gasteiger partial charge in [-0.25, -0.2) is 8.78 Å². The van der Waals surface area contributed by atoms with Crippen LogP contribution in [0.4, 0.5) is 8.78 Å². The van der Waals surface area contributed by atoms with Crippen LogP contribution in [0.25, 0.3) is 0 Å². The normalized spacial score (nSPS) is 12.5. The molecule has 0 heterocycles. The summed E-state index contributed by atoms with van der Waals surface area (Å²) in [6.45, 7) is 3.52. The van der Waals surface area contributed by atoms with Crippen molar-refractivity contribution in [1.29, 1.82) is 0 Å². The first kappa shape index (κ1) is 14.2. The first-order valence-corrected chi connectivity index (χ1v) is 7.04. The molecule has 1 atom stereocenters. The van der Waals surface area contributed by atoms with Crippen molar-refractivity contribution in [3.63, 3.8) is 0 Å². The van der Waals surface area contributed by atoms with Gasteiger partial charge in [0, 0.05) is 4.83 Å². The average molecular weight is 325 g/mol. The van der Waals surface area contributed by atoms with Gasteiger partial charge in [0.25, 0.3) is 0 Å². The van der Waals surface area contributed by atoms with E-state index in [0.29, 0.717) is 17.5 Å². The molecule has 0 amide bonds. The first-order valence-electron chi connectivity index (χ1n) is 6.12. The van der Waals surface area contributed by atoms with E-state index in [4.69, 9.17) is 0 Å². The highest BCUT2D eigenvalue weighted by atomic mass is 79.9. The third-order valence-corrected chi connectivity index (χ3v) is 3.98. The Hall–Kier alpha value is -1.22. The van der Waals surface area contributed by atoms with Gasteiger partial charge >= 0.3 is 0 Å². The predicted molar refractivity (Wildman–Crippen MR) is 77.6 cm³/mol. The zero-order chi connectivity index (χ0) is 14.0. The molecular weight excluding hydrogens is 310 g/mol. The third kappa shape index (κ3) is 3.41. The number of aryl methyl sites for hydroxylation is 2. The largest absolute Gasteiger partial charge is 0.207 e. The molecule has 0 aliphatic carbocycles. The van der Waals surface area contributed by atoms with E-state index in [1.807, 2.05) is 18.2 Å². The van der Waals surface area contributed by atoms with Crippen molar-refractivity contribution in [3.05, 3.63) is 70.3 Å². The van der Waals surface area contributed by atoms with Crippen molar-refractivity contribution in [1.82, 2.24) is 0 Å². The Morgan fingerprint density at radius 3 is 2.26 bits per heavy atom. The molecule has 100 valence electrons. The Morgan fingerprint density at radius 2 is 1.68 bits per heavy atom. The quantitative estimate of drug-likeness (QED) is 0.675. The predicted octanol–water partition coefficient (Wildman–Crippen LogP) is 5.26. The molecule has 0 N–H and O–H groups in total. The van der Waals surface area contributed by atoms with Gasteiger partial charge in [0.2, 0.25) is 0 Å². The van der Waals surface area contributed by atoms with Crippen LogP contribution in [0, 0.1) is 25.5 Å². The Balaban J connectivity index is 2.23. The van der Waals surface area contributed by atoms with E-state index in [2.05, 4.69) is 15.9 Å². The highest BCUT2D eigenvalue weighted by Gasteiger charge is 2.12. The minimum atomic E-state index is -0.233. The molecule has 0 aromatic heterocycles. The van der Waals surface area contributed by atoms with Crippen LogP contribution in [0.15, 0.2) is 36.4 Å². The highest BCUT2D eigenvalue weighted by molar-refractivity contribution is 9.09. The number of halogens is 3. The summed E-state index contributed by atoms with van der Waals surface area (Å²) in [4.78, 5) is 0.0484. The summed E-state index contributed by atoms with van der Waals surface area (Å²) in [6.07, 6.45) is 0.669. The minimum absolute atomic E-state index is 0.0484. The fourth-order valence-electron chi connectivity index (χ4n) is 2.15. The number of hydrogen-bond donors (Lipinski definition) is 0. The lowest BCUT2D eigenvalue weighted by molar-refractivity contribution is 0.608. The van der Waals surface area contributed by atoms with Crippen LogP contribution < -0.4 is 0 Å². The van der Waals surface area contributed by atoms with Gasteiger partial charge in [0.15, 0.2) is 0 Å². The van der Waals surface area contributed by atoms with E-state index < -0.39 is 0 Å². The topological polar surface area (TPSA) is 0 Å². The summed E-state index contributed by atoms with van der Waals surface area (Å²) < 4.78 is 26.7. The fraction of sp³-hybridized carbons (Fsp3) is 0.250. The standard InChI is InChI=1S/C16H15BrF2/c1-10-6-13(7-11(2)16(10)19)15(17)9-12-4-3-5-14(18)8-12/h3-8,15H,9H2,1-2H3. The van der Waals surface area contributed by atoms with Gasteiger partial charge in [-0.05, 0) is 54.7 Å². The number of hydrogen-bond acceptors (Lipinski definition) is 0. The van der Waals surface area contributed by atoms with Gasteiger partial charge in [0.05, 0.1) is 0 Å². The van der Waals surface area contributed by atoms with E-state index in [1.165, 1.54) is 12.1 Å². The molecule has 2 rings (SSSR count). The van der Waals surface area contributed by atoms with Gasteiger partial charge in [-0.3, -0.25) is 0 Å². The van der Waals surface area contributed by atoms with Gasteiger partial charge in [0.1, 0.15) is 11.6 Å². The van der Waals surface area contributed by atoms with E-state index in [9.17, 15) is 8.78 Å². The second kappa shape index (κ2) is 5.83. The average Bonchev–Trinajstić information content (AvgIpc) is 2.35. The van der Waals surface area contributed by atoms with Crippen molar-refractivity contribution in [3.8, 4) is 0 Å². The maximum Gasteiger partial charge on any atom is 0.129 e. The van der Waals surface area contributed by atoms with E-state index in [-0.39, 0.29) is 16.5 Å². The van der Waals surface area contributed by atoms with Crippen molar-refractivity contribution in [2.24, 2.45) is 0 Å². The molecule has 2 aromatic carbocycles. The third-order valence-electron chi connectivity index (χ3n) is 3.12. The second-order valence-corrected chi connectivity index (χ2v) is 5.88. The van der Waals surface area contributed by atoms with Crippen molar-refractivity contribution < 1.29 is 8.78 Å². The lowest BCUT2D eigenvalue weighted by Gasteiger charge is -2.13. The van der Waals surface area contributed by atoms with Crippen LogP contribution in [0.2, 0.25) is 0 Å². The molecule has 0 radical (unpaired) electrons. The molecule has 0 bridgehead atoms. The number of rotatable bonds is 3. The van der Waals surface area contributed by atoms with Crippen molar-refractivity contribution >= 4 is 15.9 Å². The molecule has 2 aromatic rings. The molecule has 1 unspecified atom stereocenters. The minimum Gasteiger partial charge on any atom is -0.207 e. The zero-order valence-electron chi connectivity index (χ0n) is 10.9. The maximum absolute atomic E-state index is 13.6. The van der Waals surface area contributed by atoms with Gasteiger partial charge in [-0.2, -0.15) is 0 Å². The molecule has 0 aliphatic heterocycles. The van der Waals surface area contributed by atoms with Crippen LogP contribution in [0.3, 0.4) is 0 Å². The van der Waals surface area contributed by atoms with Crippen LogP contribution in [0.5, 0.6) is 0 Å². The Morgan fingerprint density at radius 1 is 1.05 bits per heavy atom. The van der Waals surface area contributed by atoms with Crippen molar-refractivity contribution in [2.45, 2.75) is 25.1 Å².